The van der Waals surface area contributed by atoms with Crippen LogP contribution in [0, 0.1) is 34.0 Å². The smallest absolute Gasteiger partial charge is 0.164 e. The third-order valence-corrected chi connectivity index (χ3v) is 11.3. The number of nitrogens with two attached hydrogens (primary N) is 1. The Labute approximate surface area is 214 Å². The lowest BCUT2D eigenvalue weighted by molar-refractivity contribution is -0.346. The van der Waals surface area contributed by atoms with E-state index in [1.165, 1.54) is 0 Å². The van der Waals surface area contributed by atoms with E-state index in [9.17, 15) is 24.6 Å². The second kappa shape index (κ2) is 7.37. The summed E-state index contributed by atoms with van der Waals surface area (Å²) in [5.41, 5.74) is 2.39. The van der Waals surface area contributed by atoms with E-state index in [1.807, 2.05) is 20.8 Å². The summed E-state index contributed by atoms with van der Waals surface area (Å²) in [5, 5.41) is 21.5. The molecule has 0 radical (unpaired) electrons. The SMILES string of the molecule is CC(C)(O)CCC(=O)[C@]1(C)O[C@]23CC(=O)[C@@]4(C)[C@@H]5C[C@H](N)C(=O)C(C)(C)C5=CC[C@H]4[C@]2(C)C[C@@H](O)[C@H]13. The highest BCUT2D eigenvalue weighted by Crippen LogP contribution is 2.76. The van der Waals surface area contributed by atoms with Gasteiger partial charge in [0, 0.05) is 29.1 Å². The maximum atomic E-state index is 14.2. The van der Waals surface area contributed by atoms with Crippen molar-refractivity contribution >= 4 is 17.3 Å². The van der Waals surface area contributed by atoms with Gasteiger partial charge in [-0.25, -0.2) is 0 Å². The first-order chi connectivity index (χ1) is 16.4. The van der Waals surface area contributed by atoms with Gasteiger partial charge in [0.2, 0.25) is 0 Å². The van der Waals surface area contributed by atoms with Crippen LogP contribution in [-0.2, 0) is 19.1 Å². The number of carbonyl (C=O) groups is 3. The van der Waals surface area contributed by atoms with E-state index in [2.05, 4.69) is 13.0 Å². The molecule has 0 aromatic rings. The van der Waals surface area contributed by atoms with E-state index in [-0.39, 0.29) is 42.0 Å². The molecule has 5 aliphatic rings. The zero-order valence-corrected chi connectivity index (χ0v) is 22.8. The molecule has 36 heavy (non-hydrogen) atoms. The molecule has 7 nitrogen and oxygen atoms in total. The Balaban J connectivity index is 1.53. The summed E-state index contributed by atoms with van der Waals surface area (Å²) >= 11 is 0. The fourth-order valence-electron chi connectivity index (χ4n) is 9.42. The summed E-state index contributed by atoms with van der Waals surface area (Å²) in [6, 6.07) is -0.604. The number of aliphatic hydroxyl groups is 2. The molecule has 0 bridgehead atoms. The minimum Gasteiger partial charge on any atom is -0.393 e. The molecule has 5 rings (SSSR count). The molecule has 4 aliphatic carbocycles. The molecule has 1 saturated heterocycles. The topological polar surface area (TPSA) is 127 Å². The average molecular weight is 502 g/mol. The molecule has 1 spiro atoms. The van der Waals surface area contributed by atoms with E-state index < -0.39 is 51.1 Å². The van der Waals surface area contributed by atoms with Gasteiger partial charge >= 0.3 is 0 Å². The maximum Gasteiger partial charge on any atom is 0.164 e. The van der Waals surface area contributed by atoms with Gasteiger partial charge in [0.1, 0.15) is 11.4 Å². The third kappa shape index (κ3) is 2.97. The number of ether oxygens (including phenoxy) is 1. The summed E-state index contributed by atoms with van der Waals surface area (Å²) in [7, 11) is 0. The number of hydrogen-bond acceptors (Lipinski definition) is 7. The maximum absolute atomic E-state index is 14.2. The van der Waals surface area contributed by atoms with Crippen LogP contribution in [0.3, 0.4) is 0 Å². The largest absolute Gasteiger partial charge is 0.393 e. The summed E-state index contributed by atoms with van der Waals surface area (Å²) in [6.45, 7) is 13.1. The number of ketones is 3. The molecule has 4 fully saturated rings. The molecule has 9 atom stereocenters. The van der Waals surface area contributed by atoms with Gasteiger partial charge in [-0.05, 0) is 72.1 Å². The Morgan fingerprint density at radius 2 is 1.83 bits per heavy atom. The van der Waals surface area contributed by atoms with Crippen LogP contribution in [-0.4, -0.2) is 56.5 Å². The van der Waals surface area contributed by atoms with Crippen molar-refractivity contribution in [2.24, 2.45) is 39.7 Å². The number of hydrogen-bond donors (Lipinski definition) is 3. The van der Waals surface area contributed by atoms with Crippen LogP contribution in [0.2, 0.25) is 0 Å². The number of Topliss-reactive ketones (excluding diaryl/α,β-unsaturated/α-hetero) is 3. The molecule has 0 unspecified atom stereocenters. The van der Waals surface area contributed by atoms with Crippen LogP contribution in [0.15, 0.2) is 11.6 Å². The van der Waals surface area contributed by atoms with Gasteiger partial charge in [-0.2, -0.15) is 0 Å². The monoisotopic (exact) mass is 501 g/mol. The van der Waals surface area contributed by atoms with Gasteiger partial charge in [0.05, 0.1) is 29.3 Å². The molecule has 0 aromatic heterocycles. The van der Waals surface area contributed by atoms with Crippen molar-refractivity contribution in [2.45, 2.75) is 116 Å². The fraction of sp³-hybridized carbons (Fsp3) is 0.828. The fourth-order valence-corrected chi connectivity index (χ4v) is 9.42. The van der Waals surface area contributed by atoms with Crippen molar-refractivity contribution in [1.29, 1.82) is 0 Å². The van der Waals surface area contributed by atoms with Crippen LogP contribution in [0.5, 0.6) is 0 Å². The Morgan fingerprint density at radius 3 is 2.44 bits per heavy atom. The Bertz CT molecular complexity index is 1070. The van der Waals surface area contributed by atoms with Crippen LogP contribution in [0.25, 0.3) is 0 Å². The van der Waals surface area contributed by atoms with Gasteiger partial charge < -0.3 is 20.7 Å². The minimum atomic E-state index is -1.17. The first-order valence-corrected chi connectivity index (χ1v) is 13.5. The lowest BCUT2D eigenvalue weighted by Gasteiger charge is -2.70. The number of fused-ring (bicyclic) bond motifs is 4. The number of rotatable bonds is 4. The summed E-state index contributed by atoms with van der Waals surface area (Å²) < 4.78 is 6.61. The standard InChI is InChI=1S/C29H43NO6/c1-24(2,35)11-10-20(32)28(7)22-18(31)13-26(5)19-9-8-15-16(12-17(30)23(34)25(15,3)4)27(19,6)21(33)14-29(22,26)36-28/h8,16-19,22,31,35H,9-14,30H2,1-7H3/t16-,17+,18-,19+,22-,26+,27+,28+,29+/m1/s1. The van der Waals surface area contributed by atoms with E-state index >= 15 is 0 Å². The van der Waals surface area contributed by atoms with Gasteiger partial charge in [-0.15, -0.1) is 0 Å². The third-order valence-electron chi connectivity index (χ3n) is 11.3. The summed E-state index contributed by atoms with van der Waals surface area (Å²) in [5.74, 6) is -0.702. The second-order valence-electron chi connectivity index (χ2n) is 14.2. The van der Waals surface area contributed by atoms with E-state index in [0.717, 1.165) is 5.57 Å². The molecule has 200 valence electrons. The normalized spacial score (nSPS) is 49.3. The van der Waals surface area contributed by atoms with Crippen LogP contribution >= 0.6 is 0 Å². The molecular weight excluding hydrogens is 458 g/mol. The first-order valence-electron chi connectivity index (χ1n) is 13.5. The van der Waals surface area contributed by atoms with Crippen molar-refractivity contribution in [3.8, 4) is 0 Å². The van der Waals surface area contributed by atoms with Gasteiger partial charge in [0.25, 0.3) is 0 Å². The van der Waals surface area contributed by atoms with Crippen molar-refractivity contribution in [3.05, 3.63) is 11.6 Å². The van der Waals surface area contributed by atoms with Crippen LogP contribution in [0.4, 0.5) is 0 Å². The summed E-state index contributed by atoms with van der Waals surface area (Å²) in [6.07, 6.45) is 3.56. The van der Waals surface area contributed by atoms with Crippen molar-refractivity contribution < 1.29 is 29.3 Å². The van der Waals surface area contributed by atoms with Crippen LogP contribution in [0.1, 0.15) is 87.0 Å². The Kier molecular flexibility index (Phi) is 5.36. The van der Waals surface area contributed by atoms with E-state index in [4.69, 9.17) is 10.5 Å². The zero-order chi connectivity index (χ0) is 26.9. The van der Waals surface area contributed by atoms with Gasteiger partial charge in [-0.1, -0.05) is 25.5 Å². The Morgan fingerprint density at radius 1 is 1.19 bits per heavy atom. The van der Waals surface area contributed by atoms with E-state index in [0.29, 0.717) is 25.7 Å². The molecule has 7 heteroatoms. The quantitative estimate of drug-likeness (QED) is 0.506. The Hall–Kier alpha value is -1.41. The predicted octanol–water partition coefficient (Wildman–Crippen LogP) is 2.89. The molecular formula is C29H43NO6. The molecule has 3 saturated carbocycles. The number of carbonyl (C=O) groups excluding carboxylic acids is 3. The number of aliphatic hydroxyl groups excluding tert-OH is 1. The molecule has 4 N–H and O–H groups in total. The predicted molar refractivity (Wildman–Crippen MR) is 134 cm³/mol. The highest BCUT2D eigenvalue weighted by Gasteiger charge is 2.83. The molecule has 1 aliphatic heterocycles. The highest BCUT2D eigenvalue weighted by molar-refractivity contribution is 5.96. The minimum absolute atomic E-state index is 0.0250. The molecule has 0 aromatic carbocycles. The van der Waals surface area contributed by atoms with Gasteiger partial charge in [-0.3, -0.25) is 14.4 Å². The van der Waals surface area contributed by atoms with Crippen LogP contribution < -0.4 is 5.73 Å². The second-order valence-corrected chi connectivity index (χ2v) is 14.2. The van der Waals surface area contributed by atoms with Crippen molar-refractivity contribution in [1.82, 2.24) is 0 Å². The first kappa shape index (κ1) is 26.2. The van der Waals surface area contributed by atoms with E-state index in [1.54, 1.807) is 20.8 Å². The van der Waals surface area contributed by atoms with Crippen molar-refractivity contribution in [2.75, 3.05) is 0 Å². The summed E-state index contributed by atoms with van der Waals surface area (Å²) in [4.78, 5) is 40.4. The lowest BCUT2D eigenvalue weighted by atomic mass is 9.39. The highest BCUT2D eigenvalue weighted by atomic mass is 16.6. The molecule has 1 heterocycles. The average Bonchev–Trinajstić information content (AvgIpc) is 2.92. The zero-order valence-electron chi connectivity index (χ0n) is 22.8. The number of allylic oxidation sites excluding steroid dienone is 2. The molecule has 0 amide bonds. The lowest BCUT2D eigenvalue weighted by Crippen LogP contribution is -2.78. The van der Waals surface area contributed by atoms with Crippen molar-refractivity contribution in [3.63, 3.8) is 0 Å². The van der Waals surface area contributed by atoms with Gasteiger partial charge in [0.15, 0.2) is 11.6 Å².